The van der Waals surface area contributed by atoms with E-state index in [0.29, 0.717) is 0 Å². The lowest BCUT2D eigenvalue weighted by Gasteiger charge is -2.05. The van der Waals surface area contributed by atoms with E-state index >= 15 is 0 Å². The molecule has 0 aliphatic rings. The molecule has 3 heteroatoms. The van der Waals surface area contributed by atoms with Crippen molar-refractivity contribution in [2.75, 3.05) is 12.4 Å². The molecule has 0 amide bonds. The van der Waals surface area contributed by atoms with Crippen LogP contribution in [-0.2, 0) is 9.53 Å². The van der Waals surface area contributed by atoms with Gasteiger partial charge in [0.05, 0.1) is 7.11 Å². The molecule has 1 aromatic rings. The van der Waals surface area contributed by atoms with E-state index in [0.717, 1.165) is 11.4 Å². The number of carbonyl (C=O) groups excluding carboxylic acids is 1. The first-order valence-electron chi connectivity index (χ1n) is 4.30. The Morgan fingerprint density at radius 1 is 1.36 bits per heavy atom. The molecule has 0 fully saturated rings. The predicted octanol–water partition coefficient (Wildman–Crippen LogP) is 2.18. The highest BCUT2D eigenvalue weighted by Gasteiger charge is 1.96. The smallest absolute Gasteiger partial charge is 0.332 e. The molecule has 0 spiro atoms. The zero-order valence-corrected chi connectivity index (χ0v) is 8.28. The summed E-state index contributed by atoms with van der Waals surface area (Å²) in [6.45, 7) is 1.81. The highest BCUT2D eigenvalue weighted by molar-refractivity contribution is 5.83. The Hall–Kier alpha value is -1.77. The molecular formula is C11H13NO2. The first kappa shape index (κ1) is 10.3. The number of ether oxygens (including phenoxy) is 1. The summed E-state index contributed by atoms with van der Waals surface area (Å²) in [5.41, 5.74) is 1.70. The molecule has 3 nitrogen and oxygen atoms in total. The van der Waals surface area contributed by atoms with Crippen molar-refractivity contribution in [1.82, 2.24) is 0 Å². The fraction of sp³-hybridized carbons (Fsp3) is 0.182. The summed E-state index contributed by atoms with van der Waals surface area (Å²) in [4.78, 5) is 10.9. The van der Waals surface area contributed by atoms with Gasteiger partial charge >= 0.3 is 5.97 Å². The van der Waals surface area contributed by atoms with Crippen molar-refractivity contribution in [2.24, 2.45) is 0 Å². The van der Waals surface area contributed by atoms with Gasteiger partial charge in [-0.05, 0) is 19.1 Å². The van der Waals surface area contributed by atoms with Gasteiger partial charge in [0.25, 0.3) is 0 Å². The van der Waals surface area contributed by atoms with Gasteiger partial charge in [0.1, 0.15) is 0 Å². The Morgan fingerprint density at radius 2 is 2.00 bits per heavy atom. The van der Waals surface area contributed by atoms with E-state index in [-0.39, 0.29) is 5.97 Å². The number of anilines is 1. The zero-order chi connectivity index (χ0) is 10.4. The summed E-state index contributed by atoms with van der Waals surface area (Å²) in [7, 11) is 1.36. The molecule has 0 bridgehead atoms. The van der Waals surface area contributed by atoms with E-state index in [9.17, 15) is 4.79 Å². The maximum absolute atomic E-state index is 10.9. The van der Waals surface area contributed by atoms with Crippen LogP contribution in [0.15, 0.2) is 42.1 Å². The molecule has 1 N–H and O–H groups in total. The predicted molar refractivity (Wildman–Crippen MR) is 55.8 cm³/mol. The number of esters is 1. The number of carbonyl (C=O) groups is 1. The molecule has 0 heterocycles. The molecule has 1 aromatic carbocycles. The molecule has 0 aromatic heterocycles. The zero-order valence-electron chi connectivity index (χ0n) is 8.28. The van der Waals surface area contributed by atoms with Crippen LogP contribution in [0.2, 0.25) is 0 Å². The number of methoxy groups -OCH3 is 1. The Labute approximate surface area is 83.4 Å². The average Bonchev–Trinajstić information content (AvgIpc) is 2.19. The minimum absolute atomic E-state index is 0.356. The number of hydrogen-bond donors (Lipinski definition) is 1. The van der Waals surface area contributed by atoms with Gasteiger partial charge in [-0.25, -0.2) is 4.79 Å². The normalized spacial score (nSPS) is 10.9. The Morgan fingerprint density at radius 3 is 2.57 bits per heavy atom. The monoisotopic (exact) mass is 191 g/mol. The Balaban J connectivity index is 2.61. The molecule has 0 saturated heterocycles. The maximum Gasteiger partial charge on any atom is 0.332 e. The molecule has 14 heavy (non-hydrogen) atoms. The number of allylic oxidation sites excluding steroid dienone is 1. The summed E-state index contributed by atoms with van der Waals surface area (Å²) in [6, 6.07) is 9.63. The molecule has 74 valence electrons. The summed E-state index contributed by atoms with van der Waals surface area (Å²) >= 11 is 0. The van der Waals surface area contributed by atoms with Gasteiger partial charge < -0.3 is 10.1 Å². The van der Waals surface area contributed by atoms with Crippen LogP contribution < -0.4 is 5.32 Å². The second-order valence-corrected chi connectivity index (χ2v) is 2.84. The van der Waals surface area contributed by atoms with E-state index in [2.05, 4.69) is 10.1 Å². The number of para-hydroxylation sites is 1. The highest BCUT2D eigenvalue weighted by Crippen LogP contribution is 2.08. The fourth-order valence-electron chi connectivity index (χ4n) is 1.02. The first-order chi connectivity index (χ1) is 6.72. The van der Waals surface area contributed by atoms with Gasteiger partial charge in [-0.1, -0.05) is 18.2 Å². The van der Waals surface area contributed by atoms with Gasteiger partial charge in [-0.3, -0.25) is 0 Å². The molecular weight excluding hydrogens is 178 g/mol. The number of benzene rings is 1. The Bertz CT molecular complexity index is 330. The molecule has 1 rings (SSSR count). The summed E-state index contributed by atoms with van der Waals surface area (Å²) in [5, 5.41) is 3.07. The fourth-order valence-corrected chi connectivity index (χ4v) is 1.02. The van der Waals surface area contributed by atoms with Gasteiger partial charge in [-0.15, -0.1) is 0 Å². The van der Waals surface area contributed by atoms with Crippen LogP contribution in [0.1, 0.15) is 6.92 Å². The molecule has 0 aliphatic carbocycles. The average molecular weight is 191 g/mol. The van der Waals surface area contributed by atoms with Crippen LogP contribution >= 0.6 is 0 Å². The van der Waals surface area contributed by atoms with E-state index < -0.39 is 0 Å². The third-order valence-electron chi connectivity index (χ3n) is 1.65. The van der Waals surface area contributed by atoms with Crippen molar-refractivity contribution in [3.8, 4) is 0 Å². The molecule has 0 radical (unpaired) electrons. The lowest BCUT2D eigenvalue weighted by atomic mass is 10.3. The van der Waals surface area contributed by atoms with Crippen molar-refractivity contribution < 1.29 is 9.53 Å². The van der Waals surface area contributed by atoms with Gasteiger partial charge in [-0.2, -0.15) is 0 Å². The standard InChI is InChI=1S/C11H13NO2/c1-9(8-11(13)14-2)12-10-6-4-3-5-7-10/h3-8,12H,1-2H3. The van der Waals surface area contributed by atoms with E-state index in [1.54, 1.807) is 0 Å². The van der Waals surface area contributed by atoms with Crippen LogP contribution in [0, 0.1) is 0 Å². The number of nitrogens with one attached hydrogen (secondary N) is 1. The first-order valence-corrected chi connectivity index (χ1v) is 4.30. The van der Waals surface area contributed by atoms with E-state index in [1.165, 1.54) is 13.2 Å². The largest absolute Gasteiger partial charge is 0.466 e. The van der Waals surface area contributed by atoms with E-state index in [4.69, 9.17) is 0 Å². The van der Waals surface area contributed by atoms with Gasteiger partial charge in [0.15, 0.2) is 0 Å². The summed E-state index contributed by atoms with van der Waals surface area (Å²) in [6.07, 6.45) is 1.41. The van der Waals surface area contributed by atoms with Crippen molar-refractivity contribution in [3.63, 3.8) is 0 Å². The highest BCUT2D eigenvalue weighted by atomic mass is 16.5. The minimum Gasteiger partial charge on any atom is -0.466 e. The summed E-state index contributed by atoms with van der Waals surface area (Å²) < 4.78 is 4.50. The van der Waals surface area contributed by atoms with Crippen LogP contribution in [0.3, 0.4) is 0 Å². The minimum atomic E-state index is -0.356. The summed E-state index contributed by atoms with van der Waals surface area (Å²) in [5.74, 6) is -0.356. The van der Waals surface area contributed by atoms with Crippen LogP contribution in [0.4, 0.5) is 5.69 Å². The second kappa shape index (κ2) is 5.07. The third kappa shape index (κ3) is 3.31. The van der Waals surface area contributed by atoms with Crippen molar-refractivity contribution in [2.45, 2.75) is 6.92 Å². The second-order valence-electron chi connectivity index (χ2n) is 2.84. The van der Waals surface area contributed by atoms with Crippen LogP contribution in [-0.4, -0.2) is 13.1 Å². The quantitative estimate of drug-likeness (QED) is 0.587. The van der Waals surface area contributed by atoms with Crippen molar-refractivity contribution in [1.29, 1.82) is 0 Å². The van der Waals surface area contributed by atoms with Crippen molar-refractivity contribution >= 4 is 11.7 Å². The lowest BCUT2D eigenvalue weighted by Crippen LogP contribution is -2.01. The topological polar surface area (TPSA) is 38.3 Å². The molecule has 0 aliphatic heterocycles. The van der Waals surface area contributed by atoms with E-state index in [1.807, 2.05) is 37.3 Å². The SMILES string of the molecule is COC(=O)C=C(C)Nc1ccccc1. The van der Waals surface area contributed by atoms with Crippen LogP contribution in [0.25, 0.3) is 0 Å². The molecule has 0 unspecified atom stereocenters. The van der Waals surface area contributed by atoms with Crippen LogP contribution in [0.5, 0.6) is 0 Å². The Kier molecular flexibility index (Phi) is 3.73. The lowest BCUT2D eigenvalue weighted by molar-refractivity contribution is -0.134. The number of rotatable bonds is 3. The maximum atomic E-state index is 10.9. The number of hydrogen-bond acceptors (Lipinski definition) is 3. The van der Waals surface area contributed by atoms with Gasteiger partial charge in [0.2, 0.25) is 0 Å². The van der Waals surface area contributed by atoms with Gasteiger partial charge in [0, 0.05) is 17.5 Å². The van der Waals surface area contributed by atoms with Crippen molar-refractivity contribution in [3.05, 3.63) is 42.1 Å². The third-order valence-corrected chi connectivity index (χ3v) is 1.65. The molecule has 0 atom stereocenters. The molecule has 0 saturated carbocycles.